The summed E-state index contributed by atoms with van der Waals surface area (Å²) in [5.74, 6) is -3.09. The first-order valence-electron chi connectivity index (χ1n) is 5.89. The Balaban J connectivity index is 2.50. The van der Waals surface area contributed by atoms with Crippen molar-refractivity contribution in [3.63, 3.8) is 0 Å². The molecule has 114 valence electrons. The van der Waals surface area contributed by atoms with Crippen molar-refractivity contribution in [2.75, 3.05) is 17.8 Å². The van der Waals surface area contributed by atoms with Gasteiger partial charge in [0.1, 0.15) is 5.52 Å². The normalized spacial score (nSPS) is 12.7. The molecule has 0 saturated carbocycles. The van der Waals surface area contributed by atoms with Crippen molar-refractivity contribution >= 4 is 39.6 Å². The van der Waals surface area contributed by atoms with Gasteiger partial charge in [0.2, 0.25) is 0 Å². The molecule has 0 amide bonds. The molecular weight excluding hydrogens is 322 g/mol. The Morgan fingerprint density at radius 3 is 2.81 bits per heavy atom. The van der Waals surface area contributed by atoms with E-state index in [1.807, 2.05) is 0 Å². The average Bonchev–Trinajstić information content (AvgIpc) is 2.76. The number of aromatic nitrogens is 2. The number of carbonyl (C=O) groups is 1. The lowest BCUT2D eigenvalue weighted by Gasteiger charge is -2.07. The number of halogens is 2. The number of imidazole rings is 1. The molecule has 1 aromatic heterocycles. The maximum Gasteiger partial charge on any atom is 0.313 e. The van der Waals surface area contributed by atoms with E-state index in [2.05, 4.69) is 4.98 Å². The molecule has 0 spiro atoms. The molecule has 0 saturated heterocycles. The summed E-state index contributed by atoms with van der Waals surface area (Å²) in [7, 11) is -1.12. The Hall–Kier alpha value is -1.48. The van der Waals surface area contributed by atoms with Gasteiger partial charge in [-0.3, -0.25) is 9.00 Å². The highest BCUT2D eigenvalue weighted by Crippen LogP contribution is 2.27. The summed E-state index contributed by atoms with van der Waals surface area (Å²) in [6.45, 7) is 0.169. The van der Waals surface area contributed by atoms with Gasteiger partial charge in [-0.15, -0.1) is 0 Å². The van der Waals surface area contributed by atoms with Crippen LogP contribution in [-0.4, -0.2) is 42.6 Å². The largest absolute Gasteiger partial charge is 0.481 e. The predicted molar refractivity (Wildman–Crippen MR) is 76.9 cm³/mol. The first kappa shape index (κ1) is 15.9. The number of rotatable bonds is 6. The molecule has 0 fully saturated rings. The lowest BCUT2D eigenvalue weighted by Crippen LogP contribution is -2.09. The molecule has 1 atom stereocenters. The minimum atomic E-state index is -1.12. The van der Waals surface area contributed by atoms with Crippen LogP contribution in [0.3, 0.4) is 0 Å². The molecule has 0 aliphatic rings. The van der Waals surface area contributed by atoms with Crippen LogP contribution in [0.4, 0.5) is 8.78 Å². The Bertz CT molecular complexity index is 718. The van der Waals surface area contributed by atoms with Crippen molar-refractivity contribution in [2.24, 2.45) is 0 Å². The lowest BCUT2D eigenvalue weighted by atomic mass is 10.3. The number of thioether (sulfide) groups is 1. The van der Waals surface area contributed by atoms with Gasteiger partial charge in [-0.05, 0) is 12.1 Å². The molecule has 0 aliphatic heterocycles. The van der Waals surface area contributed by atoms with Crippen LogP contribution in [0.1, 0.15) is 0 Å². The molecule has 5 nitrogen and oxygen atoms in total. The van der Waals surface area contributed by atoms with E-state index < -0.39 is 28.4 Å². The van der Waals surface area contributed by atoms with E-state index in [4.69, 9.17) is 5.11 Å². The van der Waals surface area contributed by atoms with Crippen molar-refractivity contribution in [1.29, 1.82) is 0 Å². The van der Waals surface area contributed by atoms with Crippen molar-refractivity contribution in [1.82, 2.24) is 9.55 Å². The standard InChI is InChI=1S/C12H12F2N2O3S2/c1-21(19)5-4-16-11-8(3-2-7(13)10(11)14)15-12(16)20-6-9(17)18/h2-3H,4-6H2,1H3,(H,17,18). The van der Waals surface area contributed by atoms with Gasteiger partial charge >= 0.3 is 5.97 Å². The summed E-state index contributed by atoms with van der Waals surface area (Å²) in [6.07, 6.45) is 1.50. The molecular formula is C12H12F2N2O3S2. The van der Waals surface area contributed by atoms with E-state index in [0.717, 1.165) is 17.8 Å². The van der Waals surface area contributed by atoms with Crippen molar-refractivity contribution in [3.05, 3.63) is 23.8 Å². The number of aliphatic carboxylic acids is 1. The Morgan fingerprint density at radius 1 is 1.48 bits per heavy atom. The monoisotopic (exact) mass is 334 g/mol. The highest BCUT2D eigenvalue weighted by Gasteiger charge is 2.18. The molecule has 1 aromatic carbocycles. The van der Waals surface area contributed by atoms with Crippen LogP contribution in [0.5, 0.6) is 0 Å². The second-order valence-corrected chi connectivity index (χ2v) is 6.73. The van der Waals surface area contributed by atoms with Crippen LogP contribution < -0.4 is 0 Å². The Morgan fingerprint density at radius 2 is 2.19 bits per heavy atom. The van der Waals surface area contributed by atoms with E-state index in [0.29, 0.717) is 0 Å². The third kappa shape index (κ3) is 3.59. The van der Waals surface area contributed by atoms with Gasteiger partial charge in [-0.2, -0.15) is 0 Å². The highest BCUT2D eigenvalue weighted by molar-refractivity contribution is 7.99. The second-order valence-electron chi connectivity index (χ2n) is 4.23. The molecule has 0 bridgehead atoms. The number of nitrogens with zero attached hydrogens (tertiary/aromatic N) is 2. The zero-order valence-electron chi connectivity index (χ0n) is 11.0. The summed E-state index contributed by atoms with van der Waals surface area (Å²) in [5.41, 5.74) is 0.206. The average molecular weight is 334 g/mol. The zero-order valence-corrected chi connectivity index (χ0v) is 12.6. The van der Waals surface area contributed by atoms with E-state index in [1.165, 1.54) is 16.9 Å². The predicted octanol–water partition coefficient (Wildman–Crippen LogP) is 1.87. The van der Waals surface area contributed by atoms with Gasteiger partial charge in [-0.25, -0.2) is 13.8 Å². The fourth-order valence-electron chi connectivity index (χ4n) is 1.80. The third-order valence-electron chi connectivity index (χ3n) is 2.69. The first-order valence-corrected chi connectivity index (χ1v) is 8.60. The SMILES string of the molecule is CS(=O)CCn1c(SCC(=O)O)nc2ccc(F)c(F)c21. The number of hydrogen-bond donors (Lipinski definition) is 1. The number of fused-ring (bicyclic) bond motifs is 1. The van der Waals surface area contributed by atoms with Gasteiger partial charge in [-0.1, -0.05) is 11.8 Å². The van der Waals surface area contributed by atoms with Crippen LogP contribution in [-0.2, 0) is 22.1 Å². The van der Waals surface area contributed by atoms with Crippen molar-refractivity contribution in [3.8, 4) is 0 Å². The summed E-state index contributed by atoms with van der Waals surface area (Å²) in [5, 5.41) is 8.98. The van der Waals surface area contributed by atoms with Crippen molar-refractivity contribution in [2.45, 2.75) is 11.7 Å². The van der Waals surface area contributed by atoms with Crippen LogP contribution in [0.2, 0.25) is 0 Å². The maximum absolute atomic E-state index is 14.0. The summed E-state index contributed by atoms with van der Waals surface area (Å²) < 4.78 is 39.9. The van der Waals surface area contributed by atoms with Gasteiger partial charge in [0.05, 0.1) is 11.3 Å². The Kier molecular flexibility index (Phi) is 4.94. The molecule has 9 heteroatoms. The molecule has 2 rings (SSSR count). The van der Waals surface area contributed by atoms with E-state index in [9.17, 15) is 17.8 Å². The van der Waals surface area contributed by atoms with Gasteiger partial charge < -0.3 is 9.67 Å². The second kappa shape index (κ2) is 6.52. The third-order valence-corrected chi connectivity index (χ3v) is 4.41. The summed E-state index contributed by atoms with van der Waals surface area (Å²) in [4.78, 5) is 14.8. The van der Waals surface area contributed by atoms with Crippen LogP contribution >= 0.6 is 11.8 Å². The lowest BCUT2D eigenvalue weighted by molar-refractivity contribution is -0.133. The summed E-state index contributed by atoms with van der Waals surface area (Å²) >= 11 is 0.911. The smallest absolute Gasteiger partial charge is 0.313 e. The zero-order chi connectivity index (χ0) is 15.6. The fourth-order valence-corrected chi connectivity index (χ4v) is 2.99. The van der Waals surface area contributed by atoms with Crippen LogP contribution in [0.25, 0.3) is 11.0 Å². The number of carboxylic acids is 1. The molecule has 1 heterocycles. The van der Waals surface area contributed by atoms with Gasteiger partial charge in [0.15, 0.2) is 16.8 Å². The van der Waals surface area contributed by atoms with E-state index >= 15 is 0 Å². The van der Waals surface area contributed by atoms with Gasteiger partial charge in [0.25, 0.3) is 0 Å². The maximum atomic E-state index is 14.0. The molecule has 1 unspecified atom stereocenters. The van der Waals surface area contributed by atoms with Crippen molar-refractivity contribution < 1.29 is 22.9 Å². The number of benzene rings is 1. The number of aryl methyl sites for hydroxylation is 1. The van der Waals surface area contributed by atoms with Crippen LogP contribution in [0.15, 0.2) is 17.3 Å². The van der Waals surface area contributed by atoms with E-state index in [-0.39, 0.29) is 34.2 Å². The molecule has 1 N–H and O–H groups in total. The quantitative estimate of drug-likeness (QED) is 0.817. The number of carboxylic acid groups (broad SMARTS) is 1. The van der Waals surface area contributed by atoms with Gasteiger partial charge in [0, 0.05) is 29.4 Å². The minimum absolute atomic E-state index is 0.0339. The highest BCUT2D eigenvalue weighted by atomic mass is 32.2. The van der Waals surface area contributed by atoms with E-state index in [1.54, 1.807) is 0 Å². The molecule has 0 aliphatic carbocycles. The molecule has 2 aromatic rings. The first-order chi connectivity index (χ1) is 9.90. The molecule has 0 radical (unpaired) electrons. The fraction of sp³-hybridized carbons (Fsp3) is 0.333. The Labute approximate surface area is 125 Å². The minimum Gasteiger partial charge on any atom is -0.481 e. The number of hydrogen-bond acceptors (Lipinski definition) is 4. The van der Waals surface area contributed by atoms with Crippen LogP contribution in [0, 0.1) is 11.6 Å². The summed E-state index contributed by atoms with van der Waals surface area (Å²) in [6, 6.07) is 2.30. The topological polar surface area (TPSA) is 72.2 Å². The molecule has 21 heavy (non-hydrogen) atoms.